The molecule has 1 rings (SSSR count). The maximum Gasteiger partial charge on any atom is 0.337 e. The van der Waals surface area contributed by atoms with E-state index in [1.165, 1.54) is 0 Å². The molecule has 1 fully saturated rings. The van der Waals surface area contributed by atoms with Crippen LogP contribution in [0, 0.1) is 0 Å². The highest BCUT2D eigenvalue weighted by molar-refractivity contribution is 5.83. The second-order valence-corrected chi connectivity index (χ2v) is 4.30. The number of hydrogen-bond donors (Lipinski definition) is 4. The lowest BCUT2D eigenvalue weighted by Gasteiger charge is -2.24. The number of carboxylic acid groups (broad SMARTS) is 1. The Kier molecular flexibility index (Phi) is 4.26. The molecule has 1 heterocycles. The van der Waals surface area contributed by atoms with E-state index in [2.05, 4.69) is 10.6 Å². The number of aliphatic hydroxyl groups is 1. The first-order chi connectivity index (χ1) is 7.43. The van der Waals surface area contributed by atoms with Crippen LogP contribution in [0.1, 0.15) is 26.2 Å². The van der Waals surface area contributed by atoms with E-state index < -0.39 is 11.6 Å². The summed E-state index contributed by atoms with van der Waals surface area (Å²) in [5.74, 6) is -1.59. The van der Waals surface area contributed by atoms with Gasteiger partial charge in [-0.2, -0.15) is 0 Å². The third-order valence-corrected chi connectivity index (χ3v) is 2.69. The number of carbonyl (C=O) groups excluding carboxylic acids is 1. The van der Waals surface area contributed by atoms with Crippen LogP contribution in [-0.2, 0) is 9.59 Å². The fourth-order valence-electron chi connectivity index (χ4n) is 1.53. The maximum absolute atomic E-state index is 11.6. The summed E-state index contributed by atoms with van der Waals surface area (Å²) in [7, 11) is 0. The molecule has 0 aromatic heterocycles. The number of hydrogen-bond acceptors (Lipinski definition) is 4. The van der Waals surface area contributed by atoms with E-state index in [9.17, 15) is 14.7 Å². The van der Waals surface area contributed by atoms with E-state index in [-0.39, 0.29) is 18.5 Å². The molecule has 1 saturated heterocycles. The minimum absolute atomic E-state index is 0.249. The highest BCUT2D eigenvalue weighted by atomic mass is 16.4. The molecule has 0 bridgehead atoms. The molecule has 0 aromatic carbocycles. The fourth-order valence-corrected chi connectivity index (χ4v) is 1.53. The summed E-state index contributed by atoms with van der Waals surface area (Å²) < 4.78 is 0. The Hall–Kier alpha value is -1.14. The molecular formula is C10H18N2O4. The molecule has 1 aliphatic rings. The van der Waals surface area contributed by atoms with Crippen LogP contribution in [0.15, 0.2) is 0 Å². The molecule has 1 aliphatic heterocycles. The Labute approximate surface area is 94.0 Å². The molecule has 1 amide bonds. The van der Waals surface area contributed by atoms with Crippen LogP contribution in [-0.4, -0.2) is 46.8 Å². The van der Waals surface area contributed by atoms with Crippen LogP contribution in [0.2, 0.25) is 0 Å². The smallest absolute Gasteiger partial charge is 0.337 e. The zero-order chi connectivity index (χ0) is 12.2. The molecule has 6 heteroatoms. The molecule has 0 radical (unpaired) electrons. The minimum Gasteiger partial charge on any atom is -0.479 e. The zero-order valence-corrected chi connectivity index (χ0v) is 9.32. The zero-order valence-electron chi connectivity index (χ0n) is 9.32. The Bertz CT molecular complexity index is 272. The summed E-state index contributed by atoms with van der Waals surface area (Å²) in [6.45, 7) is 1.68. The molecule has 6 nitrogen and oxygen atoms in total. The fraction of sp³-hybridized carbons (Fsp3) is 0.800. The average Bonchev–Trinajstić information content (AvgIpc) is 2.27. The Morgan fingerprint density at radius 3 is 2.69 bits per heavy atom. The predicted molar refractivity (Wildman–Crippen MR) is 56.9 cm³/mol. The molecule has 1 unspecified atom stereocenters. The molecule has 0 spiro atoms. The van der Waals surface area contributed by atoms with Crippen LogP contribution in [0.25, 0.3) is 0 Å². The van der Waals surface area contributed by atoms with E-state index in [1.807, 2.05) is 0 Å². The van der Waals surface area contributed by atoms with E-state index in [1.54, 1.807) is 0 Å². The lowest BCUT2D eigenvalue weighted by atomic mass is 10.0. The number of aliphatic carboxylic acids is 1. The molecule has 92 valence electrons. The highest BCUT2D eigenvalue weighted by Crippen LogP contribution is 2.07. The number of amides is 1. The van der Waals surface area contributed by atoms with E-state index in [4.69, 9.17) is 5.11 Å². The minimum atomic E-state index is -1.91. The average molecular weight is 230 g/mol. The van der Waals surface area contributed by atoms with Gasteiger partial charge in [0.15, 0.2) is 5.60 Å². The largest absolute Gasteiger partial charge is 0.479 e. The molecule has 0 aromatic rings. The van der Waals surface area contributed by atoms with Crippen LogP contribution in [0.4, 0.5) is 0 Å². The van der Waals surface area contributed by atoms with Crippen molar-refractivity contribution in [1.82, 2.24) is 10.6 Å². The second kappa shape index (κ2) is 5.27. The first-order valence-corrected chi connectivity index (χ1v) is 5.40. The van der Waals surface area contributed by atoms with Gasteiger partial charge in [0.1, 0.15) is 0 Å². The topological polar surface area (TPSA) is 98.7 Å². The summed E-state index contributed by atoms with van der Waals surface area (Å²) >= 11 is 0. The number of carboxylic acids is 1. The molecule has 0 saturated carbocycles. The third kappa shape index (κ3) is 3.46. The van der Waals surface area contributed by atoms with Gasteiger partial charge in [-0.1, -0.05) is 6.42 Å². The van der Waals surface area contributed by atoms with Gasteiger partial charge in [0.25, 0.3) is 0 Å². The van der Waals surface area contributed by atoms with Crippen molar-refractivity contribution in [3.05, 3.63) is 0 Å². The molecular weight excluding hydrogens is 212 g/mol. The number of nitrogens with one attached hydrogen (secondary N) is 2. The molecule has 4 N–H and O–H groups in total. The molecule has 0 aliphatic carbocycles. The molecule has 2 atom stereocenters. The van der Waals surface area contributed by atoms with Crippen molar-refractivity contribution in [3.8, 4) is 0 Å². The van der Waals surface area contributed by atoms with Crippen molar-refractivity contribution in [2.75, 3.05) is 13.1 Å². The van der Waals surface area contributed by atoms with Gasteiger partial charge in [0.2, 0.25) is 5.91 Å². The summed E-state index contributed by atoms with van der Waals surface area (Å²) in [6, 6.07) is -0.265. The standard InChI is InChI=1S/C10H18N2O4/c1-10(16,9(14)15)6-12-8(13)7-4-2-3-5-11-7/h7,11,16H,2-6H2,1H3,(H,12,13)(H,14,15)/t7-,10?/m0/s1. The normalized spacial score (nSPS) is 24.5. The van der Waals surface area contributed by atoms with Crippen LogP contribution in [0.5, 0.6) is 0 Å². The second-order valence-electron chi connectivity index (χ2n) is 4.30. The summed E-state index contributed by atoms with van der Waals surface area (Å²) in [6.07, 6.45) is 2.79. The van der Waals surface area contributed by atoms with E-state index in [0.29, 0.717) is 0 Å². The van der Waals surface area contributed by atoms with Gasteiger partial charge in [0.05, 0.1) is 12.6 Å². The summed E-state index contributed by atoms with van der Waals surface area (Å²) in [5, 5.41) is 23.5. The lowest BCUT2D eigenvalue weighted by molar-refractivity contribution is -0.156. The Balaban J connectivity index is 2.37. The number of piperidine rings is 1. The van der Waals surface area contributed by atoms with E-state index >= 15 is 0 Å². The number of carbonyl (C=O) groups is 2. The highest BCUT2D eigenvalue weighted by Gasteiger charge is 2.31. The van der Waals surface area contributed by atoms with Crippen molar-refractivity contribution >= 4 is 11.9 Å². The van der Waals surface area contributed by atoms with Crippen molar-refractivity contribution in [2.45, 2.75) is 37.8 Å². The van der Waals surface area contributed by atoms with Crippen molar-refractivity contribution < 1.29 is 19.8 Å². The van der Waals surface area contributed by atoms with Gasteiger partial charge in [0, 0.05) is 0 Å². The maximum atomic E-state index is 11.6. The Morgan fingerprint density at radius 1 is 1.50 bits per heavy atom. The SMILES string of the molecule is CC(O)(CNC(=O)[C@@H]1CCCCN1)C(=O)O. The Morgan fingerprint density at radius 2 is 2.19 bits per heavy atom. The first-order valence-electron chi connectivity index (χ1n) is 5.40. The predicted octanol–water partition coefficient (Wildman–Crippen LogP) is -0.920. The number of rotatable bonds is 4. The van der Waals surface area contributed by atoms with Crippen LogP contribution >= 0.6 is 0 Å². The van der Waals surface area contributed by atoms with Crippen molar-refractivity contribution in [3.63, 3.8) is 0 Å². The van der Waals surface area contributed by atoms with Gasteiger partial charge in [-0.15, -0.1) is 0 Å². The molecule has 16 heavy (non-hydrogen) atoms. The quantitative estimate of drug-likeness (QED) is 0.500. The van der Waals surface area contributed by atoms with Gasteiger partial charge in [-0.3, -0.25) is 4.79 Å². The van der Waals surface area contributed by atoms with Crippen LogP contribution in [0.3, 0.4) is 0 Å². The van der Waals surface area contributed by atoms with Gasteiger partial charge in [-0.05, 0) is 26.3 Å². The van der Waals surface area contributed by atoms with Gasteiger partial charge >= 0.3 is 5.97 Å². The van der Waals surface area contributed by atoms with Gasteiger partial charge in [-0.25, -0.2) is 4.79 Å². The summed E-state index contributed by atoms with van der Waals surface area (Å²) in [4.78, 5) is 22.2. The lowest BCUT2D eigenvalue weighted by Crippen LogP contribution is -2.52. The van der Waals surface area contributed by atoms with Crippen LogP contribution < -0.4 is 10.6 Å². The first kappa shape index (κ1) is 12.9. The summed E-state index contributed by atoms with van der Waals surface area (Å²) in [5.41, 5.74) is -1.91. The van der Waals surface area contributed by atoms with Gasteiger partial charge < -0.3 is 20.8 Å². The third-order valence-electron chi connectivity index (χ3n) is 2.69. The van der Waals surface area contributed by atoms with Crippen molar-refractivity contribution in [2.24, 2.45) is 0 Å². The monoisotopic (exact) mass is 230 g/mol. The van der Waals surface area contributed by atoms with Crippen molar-refractivity contribution in [1.29, 1.82) is 0 Å². The van der Waals surface area contributed by atoms with E-state index in [0.717, 1.165) is 32.7 Å².